The number of carbonyl (C=O) groups is 1. The Bertz CT molecular complexity index is 697. The smallest absolute Gasteiger partial charge is 0.342 e. The highest BCUT2D eigenvalue weighted by atomic mass is 35.5. The molecule has 23 heavy (non-hydrogen) atoms. The third-order valence-electron chi connectivity index (χ3n) is 4.18. The van der Waals surface area contributed by atoms with Crippen molar-refractivity contribution in [1.82, 2.24) is 5.32 Å². The van der Waals surface area contributed by atoms with Crippen molar-refractivity contribution in [2.45, 2.75) is 18.4 Å². The first kappa shape index (κ1) is 15.8. The summed E-state index contributed by atoms with van der Waals surface area (Å²) in [4.78, 5) is 12.6. The molecule has 3 rings (SSSR count). The van der Waals surface area contributed by atoms with Gasteiger partial charge < -0.3 is 15.2 Å². The standard InChI is InChI=1S/C18H18ClNO3/c19-14-6-7-15(16(21)12-14)17(22)23-18(8-10-20-11-9-18)13-4-2-1-3-5-13/h1-7,12,20-21H,8-11H2. The molecule has 5 heteroatoms. The van der Waals surface area contributed by atoms with Crippen molar-refractivity contribution in [1.29, 1.82) is 0 Å². The van der Waals surface area contributed by atoms with E-state index >= 15 is 0 Å². The van der Waals surface area contributed by atoms with Crippen LogP contribution in [0.15, 0.2) is 48.5 Å². The minimum Gasteiger partial charge on any atom is -0.507 e. The second-order valence-corrected chi connectivity index (χ2v) is 6.10. The highest BCUT2D eigenvalue weighted by molar-refractivity contribution is 6.30. The zero-order valence-corrected chi connectivity index (χ0v) is 13.3. The molecule has 0 saturated carbocycles. The first-order valence-corrected chi connectivity index (χ1v) is 7.97. The molecule has 120 valence electrons. The third-order valence-corrected chi connectivity index (χ3v) is 4.41. The van der Waals surface area contributed by atoms with Crippen LogP contribution in [0.5, 0.6) is 5.75 Å². The summed E-state index contributed by atoms with van der Waals surface area (Å²) >= 11 is 5.82. The SMILES string of the molecule is O=C(OC1(c2ccccc2)CCNCC1)c1ccc(Cl)cc1O. The highest BCUT2D eigenvalue weighted by Gasteiger charge is 2.38. The average molecular weight is 332 g/mol. The van der Waals surface area contributed by atoms with Crippen LogP contribution in [-0.4, -0.2) is 24.2 Å². The quantitative estimate of drug-likeness (QED) is 0.845. The summed E-state index contributed by atoms with van der Waals surface area (Å²) in [6, 6.07) is 14.1. The van der Waals surface area contributed by atoms with Gasteiger partial charge in [0.25, 0.3) is 0 Å². The Balaban J connectivity index is 1.91. The van der Waals surface area contributed by atoms with Crippen LogP contribution in [0.3, 0.4) is 0 Å². The number of nitrogens with one attached hydrogen (secondary N) is 1. The maximum Gasteiger partial charge on any atom is 0.342 e. The lowest BCUT2D eigenvalue weighted by atomic mass is 9.84. The van der Waals surface area contributed by atoms with E-state index in [1.54, 1.807) is 6.07 Å². The number of aromatic hydroxyl groups is 1. The van der Waals surface area contributed by atoms with Crippen LogP contribution >= 0.6 is 11.6 Å². The van der Waals surface area contributed by atoms with E-state index in [1.807, 2.05) is 30.3 Å². The van der Waals surface area contributed by atoms with Crippen LogP contribution in [0, 0.1) is 0 Å². The van der Waals surface area contributed by atoms with Crippen LogP contribution < -0.4 is 5.32 Å². The molecule has 2 aromatic carbocycles. The molecule has 0 bridgehead atoms. The van der Waals surface area contributed by atoms with Crippen molar-refractivity contribution in [3.8, 4) is 5.75 Å². The molecule has 0 unspecified atom stereocenters. The molecule has 1 saturated heterocycles. The molecule has 4 nitrogen and oxygen atoms in total. The Labute approximate surface area is 140 Å². The fraction of sp³-hybridized carbons (Fsp3) is 0.278. The van der Waals surface area contributed by atoms with Crippen LogP contribution in [0.25, 0.3) is 0 Å². The molecular weight excluding hydrogens is 314 g/mol. The number of phenols is 1. The first-order chi connectivity index (χ1) is 11.1. The highest BCUT2D eigenvalue weighted by Crippen LogP contribution is 2.36. The number of carbonyl (C=O) groups excluding carboxylic acids is 1. The van der Waals surface area contributed by atoms with E-state index in [-0.39, 0.29) is 11.3 Å². The number of piperidine rings is 1. The molecule has 1 aliphatic heterocycles. The number of rotatable bonds is 3. The van der Waals surface area contributed by atoms with Gasteiger partial charge in [-0.3, -0.25) is 0 Å². The van der Waals surface area contributed by atoms with E-state index in [9.17, 15) is 9.90 Å². The molecule has 2 aromatic rings. The predicted octanol–water partition coefficient (Wildman–Crippen LogP) is 3.48. The Hall–Kier alpha value is -2.04. The minimum absolute atomic E-state index is 0.128. The van der Waals surface area contributed by atoms with E-state index in [4.69, 9.17) is 16.3 Å². The Morgan fingerprint density at radius 1 is 1.13 bits per heavy atom. The van der Waals surface area contributed by atoms with Gasteiger partial charge in [-0.15, -0.1) is 0 Å². The summed E-state index contributed by atoms with van der Waals surface area (Å²) < 4.78 is 5.89. The molecule has 0 aliphatic carbocycles. The molecule has 0 spiro atoms. The Morgan fingerprint density at radius 2 is 1.83 bits per heavy atom. The van der Waals surface area contributed by atoms with Crippen LogP contribution in [-0.2, 0) is 10.3 Å². The summed E-state index contributed by atoms with van der Waals surface area (Å²) in [5.74, 6) is -0.704. The topological polar surface area (TPSA) is 58.6 Å². The van der Waals surface area contributed by atoms with E-state index in [2.05, 4.69) is 5.32 Å². The lowest BCUT2D eigenvalue weighted by molar-refractivity contribution is -0.0380. The van der Waals surface area contributed by atoms with Gasteiger partial charge >= 0.3 is 5.97 Å². The number of hydrogen-bond donors (Lipinski definition) is 2. The van der Waals surface area contributed by atoms with Gasteiger partial charge in [-0.1, -0.05) is 41.9 Å². The number of hydrogen-bond acceptors (Lipinski definition) is 4. The fourth-order valence-corrected chi connectivity index (χ4v) is 3.10. The van der Waals surface area contributed by atoms with E-state index in [0.29, 0.717) is 17.9 Å². The van der Waals surface area contributed by atoms with Crippen molar-refractivity contribution in [2.24, 2.45) is 0 Å². The molecule has 0 atom stereocenters. The zero-order chi connectivity index (χ0) is 16.3. The average Bonchev–Trinajstić information content (AvgIpc) is 2.56. The van der Waals surface area contributed by atoms with E-state index in [1.165, 1.54) is 12.1 Å². The summed E-state index contributed by atoms with van der Waals surface area (Å²) in [5.41, 5.74) is 0.432. The van der Waals surface area contributed by atoms with Gasteiger partial charge in [0.1, 0.15) is 16.9 Å². The largest absolute Gasteiger partial charge is 0.507 e. The molecule has 2 N–H and O–H groups in total. The fourth-order valence-electron chi connectivity index (χ4n) is 2.93. The Kier molecular flexibility index (Phi) is 4.55. The molecule has 1 aliphatic rings. The normalized spacial score (nSPS) is 16.7. The molecule has 0 amide bonds. The van der Waals surface area contributed by atoms with Crippen molar-refractivity contribution >= 4 is 17.6 Å². The minimum atomic E-state index is -0.671. The summed E-state index contributed by atoms with van der Waals surface area (Å²) in [5, 5.41) is 13.6. The molecule has 1 fully saturated rings. The predicted molar refractivity (Wildman–Crippen MR) is 88.8 cm³/mol. The molecule has 0 aromatic heterocycles. The van der Waals surface area contributed by atoms with Crippen molar-refractivity contribution in [2.75, 3.05) is 13.1 Å². The first-order valence-electron chi connectivity index (χ1n) is 7.59. The number of esters is 1. The number of halogens is 1. The summed E-state index contributed by atoms with van der Waals surface area (Å²) in [6.45, 7) is 1.55. The zero-order valence-electron chi connectivity index (χ0n) is 12.6. The van der Waals surface area contributed by atoms with Gasteiger partial charge in [-0.2, -0.15) is 0 Å². The van der Waals surface area contributed by atoms with Gasteiger partial charge in [0, 0.05) is 17.9 Å². The molecular formula is C18H18ClNO3. The molecule has 1 heterocycles. The van der Waals surface area contributed by atoms with Crippen molar-refractivity contribution < 1.29 is 14.6 Å². The summed E-state index contributed by atoms with van der Waals surface area (Å²) in [6.07, 6.45) is 1.38. The molecule has 0 radical (unpaired) electrons. The number of phenolic OH excluding ortho intramolecular Hbond substituents is 1. The van der Waals surface area contributed by atoms with Gasteiger partial charge in [0.05, 0.1) is 0 Å². The van der Waals surface area contributed by atoms with Gasteiger partial charge in [0.15, 0.2) is 0 Å². The maximum absolute atomic E-state index is 12.6. The van der Waals surface area contributed by atoms with Gasteiger partial charge in [-0.05, 0) is 36.9 Å². The lowest BCUT2D eigenvalue weighted by Gasteiger charge is -2.37. The number of benzene rings is 2. The van der Waals surface area contributed by atoms with Crippen LogP contribution in [0.4, 0.5) is 0 Å². The van der Waals surface area contributed by atoms with Crippen molar-refractivity contribution in [3.05, 3.63) is 64.7 Å². The van der Waals surface area contributed by atoms with Crippen molar-refractivity contribution in [3.63, 3.8) is 0 Å². The lowest BCUT2D eigenvalue weighted by Crippen LogP contribution is -2.43. The van der Waals surface area contributed by atoms with Crippen LogP contribution in [0.1, 0.15) is 28.8 Å². The van der Waals surface area contributed by atoms with E-state index in [0.717, 1.165) is 18.7 Å². The monoisotopic (exact) mass is 331 g/mol. The van der Waals surface area contributed by atoms with Crippen LogP contribution in [0.2, 0.25) is 5.02 Å². The maximum atomic E-state index is 12.6. The van der Waals surface area contributed by atoms with Gasteiger partial charge in [0.2, 0.25) is 0 Å². The second-order valence-electron chi connectivity index (χ2n) is 5.66. The number of ether oxygens (including phenoxy) is 1. The summed E-state index contributed by atoms with van der Waals surface area (Å²) in [7, 11) is 0. The second kappa shape index (κ2) is 6.60. The van der Waals surface area contributed by atoms with E-state index < -0.39 is 11.6 Å². The Morgan fingerprint density at radius 3 is 2.48 bits per heavy atom. The van der Waals surface area contributed by atoms with Gasteiger partial charge in [-0.25, -0.2) is 4.79 Å². The third kappa shape index (κ3) is 3.33.